The van der Waals surface area contributed by atoms with E-state index in [4.69, 9.17) is 9.47 Å². The molecule has 0 aliphatic rings. The molecule has 2 aromatic rings. The number of hydrogen-bond donors (Lipinski definition) is 1. The van der Waals surface area contributed by atoms with E-state index in [9.17, 15) is 9.59 Å². The molecule has 0 aliphatic heterocycles. The van der Waals surface area contributed by atoms with Crippen LogP contribution in [-0.4, -0.2) is 25.5 Å². The van der Waals surface area contributed by atoms with Gasteiger partial charge in [0, 0.05) is 17.1 Å². The minimum absolute atomic E-state index is 0.281. The van der Waals surface area contributed by atoms with Gasteiger partial charge in [-0.3, -0.25) is 4.79 Å². The van der Waals surface area contributed by atoms with Gasteiger partial charge in [-0.25, -0.2) is 4.79 Å². The fourth-order valence-corrected chi connectivity index (χ4v) is 2.21. The third kappa shape index (κ3) is 4.82. The molecule has 0 aromatic heterocycles. The topological polar surface area (TPSA) is 64.6 Å². The van der Waals surface area contributed by atoms with Gasteiger partial charge in [0.25, 0.3) is 5.91 Å². The van der Waals surface area contributed by atoms with Crippen molar-refractivity contribution in [2.45, 2.75) is 6.61 Å². The van der Waals surface area contributed by atoms with Crippen LogP contribution in [-0.2, 0) is 16.1 Å². The van der Waals surface area contributed by atoms with Crippen LogP contribution in [0.2, 0.25) is 0 Å². The number of benzene rings is 2. The summed E-state index contributed by atoms with van der Waals surface area (Å²) in [6.07, 6.45) is 0. The number of carbonyl (C=O) groups is 2. The molecule has 6 heteroatoms. The first-order valence-electron chi connectivity index (χ1n) is 6.94. The fraction of sp³-hybridized carbons (Fsp3) is 0.176. The first-order valence-corrected chi connectivity index (χ1v) is 7.74. The molecule has 5 nitrogen and oxygen atoms in total. The highest BCUT2D eigenvalue weighted by molar-refractivity contribution is 9.10. The number of likely N-dealkylation sites (N-methyl/N-ethyl adjacent to an activating group) is 1. The zero-order valence-electron chi connectivity index (χ0n) is 12.5. The maximum absolute atomic E-state index is 12.1. The zero-order chi connectivity index (χ0) is 16.7. The lowest BCUT2D eigenvalue weighted by Crippen LogP contribution is -2.25. The quantitative estimate of drug-likeness (QED) is 0.786. The van der Waals surface area contributed by atoms with Crippen molar-refractivity contribution in [2.75, 3.05) is 13.7 Å². The van der Waals surface area contributed by atoms with Crippen molar-refractivity contribution in [3.63, 3.8) is 0 Å². The van der Waals surface area contributed by atoms with Gasteiger partial charge in [0.1, 0.15) is 17.9 Å². The van der Waals surface area contributed by atoms with Gasteiger partial charge >= 0.3 is 5.97 Å². The number of ether oxygens (including phenoxy) is 2. The second-order valence-electron chi connectivity index (χ2n) is 4.63. The molecular formula is C17H16BrNO4. The lowest BCUT2D eigenvalue weighted by atomic mass is 10.2. The highest BCUT2D eigenvalue weighted by atomic mass is 79.9. The van der Waals surface area contributed by atoms with Crippen molar-refractivity contribution < 1.29 is 19.1 Å². The summed E-state index contributed by atoms with van der Waals surface area (Å²) in [6.45, 7) is -0.0188. The number of hydrogen-bond acceptors (Lipinski definition) is 4. The van der Waals surface area contributed by atoms with Gasteiger partial charge in [-0.15, -0.1) is 0 Å². The molecule has 0 fully saturated rings. The number of nitrogens with one attached hydrogen (secondary N) is 1. The summed E-state index contributed by atoms with van der Waals surface area (Å²) < 4.78 is 11.6. The lowest BCUT2D eigenvalue weighted by molar-refractivity contribution is -0.123. The predicted molar refractivity (Wildman–Crippen MR) is 89.3 cm³/mol. The maximum atomic E-state index is 12.1. The SMILES string of the molecule is CNC(=O)COC(=O)c1ccccc1OCc1ccccc1Br. The Morgan fingerprint density at radius 1 is 1.09 bits per heavy atom. The molecule has 0 heterocycles. The Balaban J connectivity index is 2.07. The van der Waals surface area contributed by atoms with E-state index < -0.39 is 5.97 Å². The number of rotatable bonds is 6. The standard InChI is InChI=1S/C17H16BrNO4/c1-19-16(20)11-23-17(21)13-7-3-5-9-15(13)22-10-12-6-2-4-8-14(12)18/h2-9H,10-11H2,1H3,(H,19,20). The molecule has 0 saturated heterocycles. The molecule has 0 radical (unpaired) electrons. The molecule has 0 spiro atoms. The van der Waals surface area contributed by atoms with Gasteiger partial charge in [-0.2, -0.15) is 0 Å². The van der Waals surface area contributed by atoms with E-state index in [1.165, 1.54) is 7.05 Å². The molecule has 1 N–H and O–H groups in total. The van der Waals surface area contributed by atoms with Gasteiger partial charge in [0.2, 0.25) is 0 Å². The van der Waals surface area contributed by atoms with Crippen LogP contribution in [0, 0.1) is 0 Å². The minimum atomic E-state index is -0.601. The van der Waals surface area contributed by atoms with Gasteiger partial charge < -0.3 is 14.8 Å². The zero-order valence-corrected chi connectivity index (χ0v) is 14.1. The van der Waals surface area contributed by atoms with E-state index >= 15 is 0 Å². The van der Waals surface area contributed by atoms with Gasteiger partial charge in [-0.1, -0.05) is 46.3 Å². The number of esters is 1. The summed E-state index contributed by atoms with van der Waals surface area (Å²) in [5.74, 6) is -0.563. The third-order valence-corrected chi connectivity index (χ3v) is 3.83. The average Bonchev–Trinajstić information content (AvgIpc) is 2.59. The van der Waals surface area contributed by atoms with E-state index in [0.717, 1.165) is 10.0 Å². The molecule has 0 unspecified atom stereocenters. The molecule has 1 amide bonds. The van der Waals surface area contributed by atoms with Crippen LogP contribution in [0.4, 0.5) is 0 Å². The van der Waals surface area contributed by atoms with Gasteiger partial charge in [0.05, 0.1) is 0 Å². The summed E-state index contributed by atoms with van der Waals surface area (Å²) >= 11 is 3.45. The molecule has 2 aromatic carbocycles. The Bertz CT molecular complexity index is 702. The summed E-state index contributed by atoms with van der Waals surface area (Å²) in [7, 11) is 1.48. The van der Waals surface area contributed by atoms with Crippen LogP contribution in [0.25, 0.3) is 0 Å². The smallest absolute Gasteiger partial charge is 0.342 e. The van der Waals surface area contributed by atoms with E-state index in [2.05, 4.69) is 21.2 Å². The van der Waals surface area contributed by atoms with E-state index in [0.29, 0.717) is 12.4 Å². The highest BCUT2D eigenvalue weighted by Gasteiger charge is 2.15. The highest BCUT2D eigenvalue weighted by Crippen LogP contribution is 2.22. The predicted octanol–water partition coefficient (Wildman–Crippen LogP) is 2.93. The number of para-hydroxylation sites is 1. The first-order chi connectivity index (χ1) is 11.1. The number of carbonyl (C=O) groups excluding carboxylic acids is 2. The second kappa shape index (κ2) is 8.33. The van der Waals surface area contributed by atoms with Crippen LogP contribution >= 0.6 is 15.9 Å². The Hall–Kier alpha value is -2.34. The van der Waals surface area contributed by atoms with Crippen molar-refractivity contribution >= 4 is 27.8 Å². The van der Waals surface area contributed by atoms with Crippen LogP contribution in [0.5, 0.6) is 5.75 Å². The van der Waals surface area contributed by atoms with Crippen LogP contribution < -0.4 is 10.1 Å². The summed E-state index contributed by atoms with van der Waals surface area (Å²) in [5, 5.41) is 2.39. The van der Waals surface area contributed by atoms with Gasteiger partial charge in [-0.05, 0) is 18.2 Å². The first kappa shape index (κ1) is 17.0. The van der Waals surface area contributed by atoms with E-state index in [1.54, 1.807) is 24.3 Å². The molecule has 120 valence electrons. The van der Waals surface area contributed by atoms with Crippen molar-refractivity contribution in [3.05, 3.63) is 64.1 Å². The Morgan fingerprint density at radius 3 is 2.52 bits per heavy atom. The number of halogens is 1. The number of amides is 1. The van der Waals surface area contributed by atoms with Crippen molar-refractivity contribution in [3.8, 4) is 5.75 Å². The van der Waals surface area contributed by atoms with Gasteiger partial charge in [0.15, 0.2) is 6.61 Å². The largest absolute Gasteiger partial charge is 0.488 e. The van der Waals surface area contributed by atoms with Crippen LogP contribution in [0.1, 0.15) is 15.9 Å². The third-order valence-electron chi connectivity index (χ3n) is 3.06. The minimum Gasteiger partial charge on any atom is -0.488 e. The summed E-state index contributed by atoms with van der Waals surface area (Å²) in [5.41, 5.74) is 1.24. The molecule has 0 aliphatic carbocycles. The second-order valence-corrected chi connectivity index (χ2v) is 5.48. The molecule has 23 heavy (non-hydrogen) atoms. The Kier molecular flexibility index (Phi) is 6.17. The molecule has 2 rings (SSSR count). The molecule has 0 bridgehead atoms. The molecular weight excluding hydrogens is 362 g/mol. The normalized spacial score (nSPS) is 10.0. The maximum Gasteiger partial charge on any atom is 0.342 e. The lowest BCUT2D eigenvalue weighted by Gasteiger charge is -2.12. The van der Waals surface area contributed by atoms with Crippen molar-refractivity contribution in [2.24, 2.45) is 0 Å². The van der Waals surface area contributed by atoms with Crippen LogP contribution in [0.15, 0.2) is 53.0 Å². The van der Waals surface area contributed by atoms with Crippen molar-refractivity contribution in [1.82, 2.24) is 5.32 Å². The van der Waals surface area contributed by atoms with E-state index in [1.807, 2.05) is 24.3 Å². The van der Waals surface area contributed by atoms with Crippen LogP contribution in [0.3, 0.4) is 0 Å². The molecule has 0 atom stereocenters. The average molecular weight is 378 g/mol. The van der Waals surface area contributed by atoms with E-state index in [-0.39, 0.29) is 18.1 Å². The Labute approximate surface area is 142 Å². The summed E-state index contributed by atoms with van der Waals surface area (Å²) in [6, 6.07) is 14.4. The summed E-state index contributed by atoms with van der Waals surface area (Å²) in [4.78, 5) is 23.2. The fourth-order valence-electron chi connectivity index (χ4n) is 1.81. The van der Waals surface area contributed by atoms with Crippen molar-refractivity contribution in [1.29, 1.82) is 0 Å². The Morgan fingerprint density at radius 2 is 1.78 bits per heavy atom. The monoisotopic (exact) mass is 377 g/mol. The molecule has 0 saturated carbocycles.